The molecule has 0 radical (unpaired) electrons. The molecule has 0 spiro atoms. The molecule has 4 aromatic rings. The molecule has 160 valence electrons. The number of hydrogen-bond donors (Lipinski definition) is 1. The number of benzene rings is 3. The van der Waals surface area contributed by atoms with Crippen LogP contribution in [0.2, 0.25) is 0 Å². The van der Waals surface area contributed by atoms with Crippen molar-refractivity contribution < 1.29 is 24.2 Å². The van der Waals surface area contributed by atoms with Crippen LogP contribution in [-0.2, 0) is 17.6 Å². The summed E-state index contributed by atoms with van der Waals surface area (Å²) in [6, 6.07) is 18.6. The van der Waals surface area contributed by atoms with Crippen molar-refractivity contribution in [2.75, 3.05) is 6.79 Å². The smallest absolute Gasteiger partial charge is 0.335 e. The maximum Gasteiger partial charge on any atom is 0.335 e. The van der Waals surface area contributed by atoms with E-state index in [0.717, 1.165) is 43.4 Å². The van der Waals surface area contributed by atoms with Gasteiger partial charge in [-0.25, -0.2) is 9.78 Å². The number of aromatic carboxylic acids is 1. The molecular weight excluding hydrogens is 426 g/mol. The second-order valence-electron chi connectivity index (χ2n) is 7.58. The second-order valence-corrected chi connectivity index (χ2v) is 8.69. The summed E-state index contributed by atoms with van der Waals surface area (Å²) in [5.41, 5.74) is 4.04. The first kappa shape index (κ1) is 20.2. The van der Waals surface area contributed by atoms with E-state index in [0.29, 0.717) is 12.8 Å². The fourth-order valence-electron chi connectivity index (χ4n) is 3.70. The van der Waals surface area contributed by atoms with Crippen LogP contribution in [0.15, 0.2) is 60.7 Å². The van der Waals surface area contributed by atoms with Gasteiger partial charge in [-0.15, -0.1) is 11.3 Å². The van der Waals surface area contributed by atoms with E-state index in [-0.39, 0.29) is 24.6 Å². The lowest BCUT2D eigenvalue weighted by atomic mass is 10.0. The highest BCUT2D eigenvalue weighted by atomic mass is 32.1. The zero-order chi connectivity index (χ0) is 22.1. The Labute approximate surface area is 188 Å². The molecule has 5 rings (SSSR count). The summed E-state index contributed by atoms with van der Waals surface area (Å²) >= 11 is 1.52. The minimum Gasteiger partial charge on any atom is -0.478 e. The first-order valence-corrected chi connectivity index (χ1v) is 11.0. The molecule has 0 amide bonds. The molecule has 1 aliphatic rings. The summed E-state index contributed by atoms with van der Waals surface area (Å²) in [5.74, 6) is 0.615. The molecule has 32 heavy (non-hydrogen) atoms. The largest absolute Gasteiger partial charge is 0.478 e. The number of carboxylic acids is 1. The molecule has 1 aromatic heterocycles. The summed E-state index contributed by atoms with van der Waals surface area (Å²) in [5, 5.41) is 9.88. The highest BCUT2D eigenvalue weighted by Crippen LogP contribution is 2.37. The van der Waals surface area contributed by atoms with Crippen molar-refractivity contribution in [1.82, 2.24) is 4.98 Å². The molecule has 2 heterocycles. The Morgan fingerprint density at radius 1 is 0.969 bits per heavy atom. The van der Waals surface area contributed by atoms with Crippen LogP contribution >= 0.6 is 11.3 Å². The van der Waals surface area contributed by atoms with Crippen LogP contribution in [-0.4, -0.2) is 28.6 Å². The van der Waals surface area contributed by atoms with Crippen molar-refractivity contribution in [3.05, 3.63) is 76.8 Å². The fraction of sp³-hybridized carbons (Fsp3) is 0.160. The molecule has 0 saturated heterocycles. The van der Waals surface area contributed by atoms with E-state index in [9.17, 15) is 9.59 Å². The standard InChI is InChI=1S/C25H19NO5S/c27-19(7-4-15-2-1-3-18(10-15)25(28)29)13-24-26-20-8-5-17(12-23(20)32-24)16-6-9-21-22(11-16)31-14-30-21/h1-3,5-6,8-12H,4,7,13-14H2,(H,28,29). The van der Waals surface area contributed by atoms with Gasteiger partial charge in [-0.2, -0.15) is 0 Å². The molecule has 0 atom stereocenters. The van der Waals surface area contributed by atoms with E-state index < -0.39 is 5.97 Å². The van der Waals surface area contributed by atoms with Gasteiger partial charge in [0.2, 0.25) is 6.79 Å². The Morgan fingerprint density at radius 3 is 2.66 bits per heavy atom. The van der Waals surface area contributed by atoms with Crippen molar-refractivity contribution in [2.45, 2.75) is 19.3 Å². The molecule has 0 saturated carbocycles. The van der Waals surface area contributed by atoms with Crippen LogP contribution in [0.3, 0.4) is 0 Å². The predicted octanol–water partition coefficient (Wildman–Crippen LogP) is 5.13. The summed E-state index contributed by atoms with van der Waals surface area (Å²) in [6.45, 7) is 0.245. The number of fused-ring (bicyclic) bond motifs is 2. The Kier molecular flexibility index (Phi) is 5.33. The molecule has 6 nitrogen and oxygen atoms in total. The molecule has 0 unspecified atom stereocenters. The minimum atomic E-state index is -0.965. The first-order valence-electron chi connectivity index (χ1n) is 10.2. The van der Waals surface area contributed by atoms with Crippen LogP contribution in [0.5, 0.6) is 11.5 Å². The maximum absolute atomic E-state index is 12.5. The van der Waals surface area contributed by atoms with Gasteiger partial charge in [-0.05, 0) is 59.5 Å². The maximum atomic E-state index is 12.5. The first-order chi connectivity index (χ1) is 15.5. The number of Topliss-reactive ketones (excluding diaryl/α,β-unsaturated/α-hetero) is 1. The van der Waals surface area contributed by atoms with Gasteiger partial charge < -0.3 is 14.6 Å². The average Bonchev–Trinajstić information content (AvgIpc) is 3.43. The molecular formula is C25H19NO5S. The van der Waals surface area contributed by atoms with Crippen LogP contribution < -0.4 is 9.47 Å². The number of hydrogen-bond acceptors (Lipinski definition) is 6. The monoisotopic (exact) mass is 445 g/mol. The van der Waals surface area contributed by atoms with Gasteiger partial charge >= 0.3 is 5.97 Å². The Bertz CT molecular complexity index is 1340. The number of ether oxygens (including phenoxy) is 2. The van der Waals surface area contributed by atoms with Gasteiger partial charge in [0, 0.05) is 6.42 Å². The van der Waals surface area contributed by atoms with E-state index in [1.54, 1.807) is 18.2 Å². The average molecular weight is 445 g/mol. The number of carbonyl (C=O) groups is 2. The third kappa shape index (κ3) is 4.20. The number of aryl methyl sites for hydroxylation is 1. The third-order valence-electron chi connectivity index (χ3n) is 5.35. The SMILES string of the molecule is O=C(CCc1cccc(C(=O)O)c1)Cc1nc2ccc(-c3ccc4c(c3)OCO4)cc2s1. The number of aromatic nitrogens is 1. The van der Waals surface area contributed by atoms with Crippen LogP contribution in [0.1, 0.15) is 27.3 Å². The van der Waals surface area contributed by atoms with E-state index in [4.69, 9.17) is 14.6 Å². The van der Waals surface area contributed by atoms with E-state index in [1.165, 1.54) is 11.3 Å². The van der Waals surface area contributed by atoms with Crippen LogP contribution in [0, 0.1) is 0 Å². The van der Waals surface area contributed by atoms with E-state index >= 15 is 0 Å². The van der Waals surface area contributed by atoms with Gasteiger partial charge in [-0.3, -0.25) is 4.79 Å². The Morgan fingerprint density at radius 2 is 1.78 bits per heavy atom. The van der Waals surface area contributed by atoms with Crippen molar-refractivity contribution in [2.24, 2.45) is 0 Å². The Balaban J connectivity index is 1.27. The highest BCUT2D eigenvalue weighted by Gasteiger charge is 2.15. The molecule has 0 bridgehead atoms. The van der Waals surface area contributed by atoms with E-state index in [2.05, 4.69) is 11.1 Å². The Hall–Kier alpha value is -3.71. The lowest BCUT2D eigenvalue weighted by Gasteiger charge is -2.03. The number of thiazole rings is 1. The van der Waals surface area contributed by atoms with Crippen molar-refractivity contribution in [3.8, 4) is 22.6 Å². The number of rotatable bonds is 7. The van der Waals surface area contributed by atoms with Gasteiger partial charge in [0.15, 0.2) is 11.5 Å². The fourth-order valence-corrected chi connectivity index (χ4v) is 4.74. The van der Waals surface area contributed by atoms with Crippen LogP contribution in [0.25, 0.3) is 21.3 Å². The topological polar surface area (TPSA) is 85.7 Å². The van der Waals surface area contributed by atoms with Gasteiger partial charge in [-0.1, -0.05) is 24.3 Å². The lowest BCUT2D eigenvalue weighted by Crippen LogP contribution is -2.05. The third-order valence-corrected chi connectivity index (χ3v) is 6.37. The second kappa shape index (κ2) is 8.43. The molecule has 1 N–H and O–H groups in total. The summed E-state index contributed by atoms with van der Waals surface area (Å²) in [6.07, 6.45) is 1.14. The molecule has 7 heteroatoms. The normalized spacial score (nSPS) is 12.2. The molecule has 0 aliphatic carbocycles. The van der Waals surface area contributed by atoms with Gasteiger partial charge in [0.25, 0.3) is 0 Å². The van der Waals surface area contributed by atoms with E-state index in [1.807, 2.05) is 36.4 Å². The predicted molar refractivity (Wildman–Crippen MR) is 122 cm³/mol. The molecule has 3 aromatic carbocycles. The summed E-state index contributed by atoms with van der Waals surface area (Å²) in [4.78, 5) is 28.2. The van der Waals surface area contributed by atoms with Gasteiger partial charge in [0.1, 0.15) is 10.8 Å². The van der Waals surface area contributed by atoms with Crippen molar-refractivity contribution in [1.29, 1.82) is 0 Å². The van der Waals surface area contributed by atoms with Crippen LogP contribution in [0.4, 0.5) is 0 Å². The van der Waals surface area contributed by atoms with Crippen molar-refractivity contribution >= 4 is 33.3 Å². The molecule has 0 fully saturated rings. The van der Waals surface area contributed by atoms with Gasteiger partial charge in [0.05, 0.1) is 22.2 Å². The summed E-state index contributed by atoms with van der Waals surface area (Å²) in [7, 11) is 0. The zero-order valence-corrected chi connectivity index (χ0v) is 17.9. The summed E-state index contributed by atoms with van der Waals surface area (Å²) < 4.78 is 11.9. The quantitative estimate of drug-likeness (QED) is 0.424. The number of carbonyl (C=O) groups excluding carboxylic acids is 1. The lowest BCUT2D eigenvalue weighted by molar-refractivity contribution is -0.118. The number of ketones is 1. The highest BCUT2D eigenvalue weighted by molar-refractivity contribution is 7.18. The van der Waals surface area contributed by atoms with Crippen molar-refractivity contribution in [3.63, 3.8) is 0 Å². The number of nitrogens with zero attached hydrogens (tertiary/aromatic N) is 1. The minimum absolute atomic E-state index is 0.0841. The molecule has 1 aliphatic heterocycles. The number of carboxylic acid groups (broad SMARTS) is 1. The zero-order valence-electron chi connectivity index (χ0n) is 17.0.